The van der Waals surface area contributed by atoms with Gasteiger partial charge in [0.25, 0.3) is 5.91 Å². The Hall–Kier alpha value is -2.64. The highest BCUT2D eigenvalue weighted by molar-refractivity contribution is 5.89. The van der Waals surface area contributed by atoms with Crippen molar-refractivity contribution in [1.29, 1.82) is 0 Å². The largest absolute Gasteiger partial charge is 0.478 e. The van der Waals surface area contributed by atoms with Crippen molar-refractivity contribution in [3.63, 3.8) is 0 Å². The minimum Gasteiger partial charge on any atom is -0.478 e. The van der Waals surface area contributed by atoms with Gasteiger partial charge in [0.15, 0.2) is 11.9 Å². The summed E-state index contributed by atoms with van der Waals surface area (Å²) < 4.78 is 5.15. The van der Waals surface area contributed by atoms with Crippen LogP contribution in [0.3, 0.4) is 0 Å². The van der Waals surface area contributed by atoms with Crippen LogP contribution in [-0.4, -0.2) is 35.1 Å². The molecule has 1 amide bonds. The van der Waals surface area contributed by atoms with E-state index >= 15 is 0 Å². The van der Waals surface area contributed by atoms with Gasteiger partial charge in [-0.15, -0.1) is 0 Å². The number of nitro groups is 1. The number of amides is 1. The SMILES string of the molecule is CNC(=O)C(C)Oc1ccc(C(=O)O)cc1[N+](=O)[O-]. The molecule has 0 fully saturated rings. The lowest BCUT2D eigenvalue weighted by molar-refractivity contribution is -0.386. The normalized spacial score (nSPS) is 11.5. The number of likely N-dealkylation sites (N-methyl/N-ethyl adjacent to an activating group) is 1. The third-order valence-corrected chi connectivity index (χ3v) is 2.32. The number of nitrogens with one attached hydrogen (secondary N) is 1. The van der Waals surface area contributed by atoms with Gasteiger partial charge in [0.2, 0.25) is 0 Å². The first-order valence-electron chi connectivity index (χ1n) is 5.26. The van der Waals surface area contributed by atoms with Gasteiger partial charge in [-0.1, -0.05) is 0 Å². The number of carbonyl (C=O) groups excluding carboxylic acids is 1. The molecule has 8 heteroatoms. The van der Waals surface area contributed by atoms with E-state index in [1.807, 2.05) is 0 Å². The number of rotatable bonds is 5. The number of nitro benzene ring substituents is 1. The summed E-state index contributed by atoms with van der Waals surface area (Å²) in [5.74, 6) is -1.89. The molecule has 1 aromatic rings. The van der Waals surface area contributed by atoms with Crippen molar-refractivity contribution in [3.05, 3.63) is 33.9 Å². The van der Waals surface area contributed by atoms with Gasteiger partial charge in [0.05, 0.1) is 10.5 Å². The van der Waals surface area contributed by atoms with E-state index in [0.29, 0.717) is 0 Å². The molecule has 0 heterocycles. The average Bonchev–Trinajstić information content (AvgIpc) is 2.37. The number of ether oxygens (including phenoxy) is 1. The third kappa shape index (κ3) is 3.41. The van der Waals surface area contributed by atoms with Crippen LogP contribution in [0.5, 0.6) is 5.75 Å². The molecule has 0 bridgehead atoms. The summed E-state index contributed by atoms with van der Waals surface area (Å²) in [6.07, 6.45) is -0.931. The Morgan fingerprint density at radius 1 is 1.47 bits per heavy atom. The van der Waals surface area contributed by atoms with Crippen molar-refractivity contribution < 1.29 is 24.4 Å². The topological polar surface area (TPSA) is 119 Å². The lowest BCUT2D eigenvalue weighted by Gasteiger charge is -2.13. The van der Waals surface area contributed by atoms with E-state index in [9.17, 15) is 19.7 Å². The Labute approximate surface area is 108 Å². The van der Waals surface area contributed by atoms with Crippen LogP contribution in [0.1, 0.15) is 17.3 Å². The van der Waals surface area contributed by atoms with Crippen LogP contribution in [0.15, 0.2) is 18.2 Å². The summed E-state index contributed by atoms with van der Waals surface area (Å²) in [6.45, 7) is 1.42. The molecule has 1 atom stereocenters. The Kier molecular flexibility index (Phi) is 4.41. The molecule has 19 heavy (non-hydrogen) atoms. The zero-order valence-electron chi connectivity index (χ0n) is 10.2. The predicted molar refractivity (Wildman–Crippen MR) is 64.2 cm³/mol. The summed E-state index contributed by atoms with van der Waals surface area (Å²) in [5, 5.41) is 21.9. The third-order valence-electron chi connectivity index (χ3n) is 2.32. The maximum atomic E-state index is 11.3. The molecule has 0 aliphatic carbocycles. The summed E-state index contributed by atoms with van der Waals surface area (Å²) in [5.41, 5.74) is -0.734. The van der Waals surface area contributed by atoms with E-state index < -0.39 is 28.6 Å². The molecule has 8 nitrogen and oxygen atoms in total. The van der Waals surface area contributed by atoms with E-state index in [2.05, 4.69) is 5.32 Å². The van der Waals surface area contributed by atoms with E-state index in [1.54, 1.807) is 0 Å². The van der Waals surface area contributed by atoms with Crippen molar-refractivity contribution in [1.82, 2.24) is 5.32 Å². The van der Waals surface area contributed by atoms with Gasteiger partial charge in [-0.2, -0.15) is 0 Å². The van der Waals surface area contributed by atoms with Gasteiger partial charge in [-0.05, 0) is 19.1 Å². The molecule has 0 aromatic heterocycles. The summed E-state index contributed by atoms with van der Waals surface area (Å²) in [6, 6.07) is 3.20. The second-order valence-electron chi connectivity index (χ2n) is 3.62. The van der Waals surface area contributed by atoms with Crippen molar-refractivity contribution in [2.45, 2.75) is 13.0 Å². The fraction of sp³-hybridized carbons (Fsp3) is 0.273. The number of carbonyl (C=O) groups is 2. The summed E-state index contributed by atoms with van der Waals surface area (Å²) >= 11 is 0. The minimum absolute atomic E-state index is 0.161. The molecule has 0 radical (unpaired) electrons. The second kappa shape index (κ2) is 5.80. The highest BCUT2D eigenvalue weighted by Gasteiger charge is 2.22. The van der Waals surface area contributed by atoms with Crippen LogP contribution in [-0.2, 0) is 4.79 Å². The van der Waals surface area contributed by atoms with Crippen LogP contribution in [0.2, 0.25) is 0 Å². The van der Waals surface area contributed by atoms with E-state index in [0.717, 1.165) is 12.1 Å². The van der Waals surface area contributed by atoms with Crippen LogP contribution in [0.4, 0.5) is 5.69 Å². The molecule has 0 saturated carbocycles. The van der Waals surface area contributed by atoms with Crippen molar-refractivity contribution >= 4 is 17.6 Å². The number of hydrogen-bond donors (Lipinski definition) is 2. The lowest BCUT2D eigenvalue weighted by Crippen LogP contribution is -2.33. The fourth-order valence-corrected chi connectivity index (χ4v) is 1.34. The monoisotopic (exact) mass is 268 g/mol. The van der Waals surface area contributed by atoms with E-state index in [1.165, 1.54) is 20.0 Å². The Bertz CT molecular complexity index is 528. The van der Waals surface area contributed by atoms with Gasteiger partial charge in [-0.3, -0.25) is 14.9 Å². The summed E-state index contributed by atoms with van der Waals surface area (Å²) in [7, 11) is 1.41. The van der Waals surface area contributed by atoms with Crippen molar-refractivity contribution in [2.24, 2.45) is 0 Å². The molecule has 1 rings (SSSR count). The zero-order chi connectivity index (χ0) is 14.6. The Balaban J connectivity index is 3.10. The smallest absolute Gasteiger partial charge is 0.335 e. The molecule has 0 aliphatic rings. The standard InChI is InChI=1S/C11H12N2O6/c1-6(10(14)12-2)19-9-4-3-7(11(15)16)5-8(9)13(17)18/h3-6H,1-2H3,(H,12,14)(H,15,16). The molecule has 0 spiro atoms. The van der Waals surface area contributed by atoms with Crippen LogP contribution in [0, 0.1) is 10.1 Å². The van der Waals surface area contributed by atoms with Crippen LogP contribution in [0.25, 0.3) is 0 Å². The Morgan fingerprint density at radius 2 is 2.11 bits per heavy atom. The number of aromatic carboxylic acids is 1. The van der Waals surface area contributed by atoms with Gasteiger partial charge in [0.1, 0.15) is 0 Å². The molecule has 1 aromatic carbocycles. The molecule has 0 saturated heterocycles. The average molecular weight is 268 g/mol. The second-order valence-corrected chi connectivity index (χ2v) is 3.62. The first-order chi connectivity index (χ1) is 8.86. The van der Waals surface area contributed by atoms with Gasteiger partial charge in [-0.25, -0.2) is 4.79 Å². The van der Waals surface area contributed by atoms with E-state index in [4.69, 9.17) is 9.84 Å². The fourth-order valence-electron chi connectivity index (χ4n) is 1.34. The first kappa shape index (κ1) is 14.4. The van der Waals surface area contributed by atoms with Gasteiger partial charge < -0.3 is 15.2 Å². The molecule has 102 valence electrons. The minimum atomic E-state index is -1.28. The highest BCUT2D eigenvalue weighted by atomic mass is 16.6. The number of carboxylic acid groups (broad SMARTS) is 1. The van der Waals surface area contributed by atoms with Crippen LogP contribution >= 0.6 is 0 Å². The van der Waals surface area contributed by atoms with Gasteiger partial charge in [0, 0.05) is 13.1 Å². The number of hydrogen-bond acceptors (Lipinski definition) is 5. The molecular formula is C11H12N2O6. The van der Waals surface area contributed by atoms with Crippen molar-refractivity contribution in [2.75, 3.05) is 7.05 Å². The molecular weight excluding hydrogens is 256 g/mol. The number of carboxylic acids is 1. The quantitative estimate of drug-likeness (QED) is 0.602. The Morgan fingerprint density at radius 3 is 2.58 bits per heavy atom. The number of benzene rings is 1. The maximum absolute atomic E-state index is 11.3. The summed E-state index contributed by atoms with van der Waals surface area (Å²) in [4.78, 5) is 32.1. The zero-order valence-corrected chi connectivity index (χ0v) is 10.2. The highest BCUT2D eigenvalue weighted by Crippen LogP contribution is 2.28. The van der Waals surface area contributed by atoms with Gasteiger partial charge >= 0.3 is 11.7 Å². The van der Waals surface area contributed by atoms with Crippen molar-refractivity contribution in [3.8, 4) is 5.75 Å². The molecule has 0 aliphatic heterocycles. The predicted octanol–water partition coefficient (Wildman–Crippen LogP) is 0.806. The lowest BCUT2D eigenvalue weighted by atomic mass is 10.2. The molecule has 2 N–H and O–H groups in total. The number of nitrogens with zero attached hydrogens (tertiary/aromatic N) is 1. The van der Waals surface area contributed by atoms with E-state index in [-0.39, 0.29) is 11.3 Å². The van der Waals surface area contributed by atoms with Crippen LogP contribution < -0.4 is 10.1 Å². The molecule has 1 unspecified atom stereocenters. The maximum Gasteiger partial charge on any atom is 0.335 e. The first-order valence-corrected chi connectivity index (χ1v) is 5.26.